The van der Waals surface area contributed by atoms with Crippen molar-refractivity contribution in [2.24, 2.45) is 0 Å². The number of thioether (sulfide) groups is 1. The molecule has 3 unspecified atom stereocenters. The Balaban J connectivity index is 1.68. The van der Waals surface area contributed by atoms with Crippen LogP contribution in [0.25, 0.3) is 0 Å². The SMILES string of the molecule is COC(=O)C1N2C(=O)C(NC(=O)Cc3ccccc3)[C@@H]2SCC1(C)O. The molecule has 0 spiro atoms. The summed E-state index contributed by atoms with van der Waals surface area (Å²) in [5.74, 6) is -1.02. The van der Waals surface area contributed by atoms with E-state index in [0.29, 0.717) is 0 Å². The van der Waals surface area contributed by atoms with Crippen molar-refractivity contribution >= 4 is 29.5 Å². The highest BCUT2D eigenvalue weighted by atomic mass is 32.2. The average Bonchev–Trinajstić information content (AvgIpc) is 2.59. The molecule has 8 heteroatoms. The molecule has 25 heavy (non-hydrogen) atoms. The van der Waals surface area contributed by atoms with Gasteiger partial charge in [-0.1, -0.05) is 30.3 Å². The summed E-state index contributed by atoms with van der Waals surface area (Å²) in [6, 6.07) is 7.50. The number of esters is 1. The van der Waals surface area contributed by atoms with Crippen LogP contribution in [0.2, 0.25) is 0 Å². The second kappa shape index (κ2) is 6.68. The molecule has 2 saturated heterocycles. The molecule has 0 bridgehead atoms. The Morgan fingerprint density at radius 3 is 2.72 bits per heavy atom. The molecule has 2 aliphatic heterocycles. The quantitative estimate of drug-likeness (QED) is 0.573. The van der Waals surface area contributed by atoms with Gasteiger partial charge in [0.15, 0.2) is 6.04 Å². The van der Waals surface area contributed by atoms with Crippen molar-refractivity contribution in [1.82, 2.24) is 10.2 Å². The summed E-state index contributed by atoms with van der Waals surface area (Å²) in [6.45, 7) is 1.51. The van der Waals surface area contributed by atoms with E-state index in [4.69, 9.17) is 4.74 Å². The molecule has 0 aliphatic carbocycles. The summed E-state index contributed by atoms with van der Waals surface area (Å²) >= 11 is 1.34. The number of benzene rings is 1. The predicted octanol–water partition coefficient (Wildman–Crippen LogP) is -0.0784. The first-order valence-electron chi connectivity index (χ1n) is 7.92. The number of methoxy groups -OCH3 is 1. The van der Waals surface area contributed by atoms with Gasteiger partial charge in [0.05, 0.1) is 13.5 Å². The highest BCUT2D eigenvalue weighted by Crippen LogP contribution is 2.42. The van der Waals surface area contributed by atoms with Gasteiger partial charge in [-0.15, -0.1) is 11.8 Å². The van der Waals surface area contributed by atoms with E-state index < -0.39 is 23.7 Å². The average molecular weight is 364 g/mol. The largest absolute Gasteiger partial charge is 0.467 e. The standard InChI is InChI=1S/C17H20N2O5S/c1-17(23)9-25-15-12(14(21)19(15)13(17)16(22)24-2)18-11(20)8-10-6-4-3-5-7-10/h3-7,12-13,15,23H,8-9H2,1-2H3,(H,18,20)/t12?,13?,15-,17?/m0/s1. The van der Waals surface area contributed by atoms with Gasteiger partial charge in [0, 0.05) is 5.75 Å². The number of fused-ring (bicyclic) bond motifs is 1. The maximum absolute atomic E-state index is 12.5. The maximum Gasteiger partial charge on any atom is 0.331 e. The van der Waals surface area contributed by atoms with Crippen LogP contribution in [0, 0.1) is 0 Å². The van der Waals surface area contributed by atoms with Gasteiger partial charge >= 0.3 is 5.97 Å². The Morgan fingerprint density at radius 1 is 1.40 bits per heavy atom. The van der Waals surface area contributed by atoms with Crippen molar-refractivity contribution in [2.75, 3.05) is 12.9 Å². The molecule has 1 aromatic rings. The molecular formula is C17H20N2O5S. The predicted molar refractivity (Wildman–Crippen MR) is 91.6 cm³/mol. The lowest BCUT2D eigenvalue weighted by Gasteiger charge is -2.56. The minimum Gasteiger partial charge on any atom is -0.467 e. The molecule has 134 valence electrons. The van der Waals surface area contributed by atoms with Crippen LogP contribution in [0.1, 0.15) is 12.5 Å². The Hall–Kier alpha value is -2.06. The van der Waals surface area contributed by atoms with E-state index in [9.17, 15) is 19.5 Å². The van der Waals surface area contributed by atoms with Crippen molar-refractivity contribution in [1.29, 1.82) is 0 Å². The third-order valence-electron chi connectivity index (χ3n) is 4.44. The van der Waals surface area contributed by atoms with Gasteiger partial charge in [0.1, 0.15) is 17.0 Å². The fraction of sp³-hybridized carbons (Fsp3) is 0.471. The first-order valence-corrected chi connectivity index (χ1v) is 8.97. The molecule has 2 amide bonds. The number of rotatable bonds is 4. The van der Waals surface area contributed by atoms with Gasteiger partial charge in [0.25, 0.3) is 0 Å². The minimum absolute atomic E-state index is 0.181. The lowest BCUT2D eigenvalue weighted by molar-refractivity contribution is -0.176. The van der Waals surface area contributed by atoms with E-state index >= 15 is 0 Å². The zero-order valence-electron chi connectivity index (χ0n) is 14.0. The molecule has 0 radical (unpaired) electrons. The maximum atomic E-state index is 12.5. The van der Waals surface area contributed by atoms with Gasteiger partial charge < -0.3 is 20.1 Å². The molecule has 0 saturated carbocycles. The topological polar surface area (TPSA) is 95.9 Å². The summed E-state index contributed by atoms with van der Waals surface area (Å²) in [4.78, 5) is 38.0. The fourth-order valence-electron chi connectivity index (χ4n) is 3.19. The number of ether oxygens (including phenoxy) is 1. The minimum atomic E-state index is -1.37. The zero-order valence-corrected chi connectivity index (χ0v) is 14.8. The highest BCUT2D eigenvalue weighted by molar-refractivity contribution is 8.00. The van der Waals surface area contributed by atoms with Crippen LogP contribution in [0.3, 0.4) is 0 Å². The Kier molecular flexibility index (Phi) is 4.75. The summed E-state index contributed by atoms with van der Waals surface area (Å²) in [5.41, 5.74) is -0.515. The molecule has 2 heterocycles. The summed E-state index contributed by atoms with van der Waals surface area (Å²) in [6.07, 6.45) is 0.181. The monoisotopic (exact) mass is 364 g/mol. The Labute approximate surface area is 149 Å². The summed E-state index contributed by atoms with van der Waals surface area (Å²) < 4.78 is 4.73. The third kappa shape index (κ3) is 3.23. The van der Waals surface area contributed by atoms with Crippen LogP contribution < -0.4 is 5.32 Å². The number of aliphatic hydroxyl groups is 1. The molecule has 2 fully saturated rings. The van der Waals surface area contributed by atoms with E-state index in [1.807, 2.05) is 30.3 Å². The highest BCUT2D eigenvalue weighted by Gasteiger charge is 2.61. The van der Waals surface area contributed by atoms with Crippen molar-refractivity contribution in [2.45, 2.75) is 36.4 Å². The van der Waals surface area contributed by atoms with Gasteiger partial charge in [0.2, 0.25) is 11.8 Å². The van der Waals surface area contributed by atoms with E-state index in [1.54, 1.807) is 0 Å². The Morgan fingerprint density at radius 2 is 2.08 bits per heavy atom. The molecule has 1 aromatic carbocycles. The van der Waals surface area contributed by atoms with Crippen LogP contribution in [0.5, 0.6) is 0 Å². The van der Waals surface area contributed by atoms with Crippen molar-refractivity contribution in [3.05, 3.63) is 35.9 Å². The second-order valence-electron chi connectivity index (χ2n) is 6.44. The van der Waals surface area contributed by atoms with Crippen molar-refractivity contribution in [3.63, 3.8) is 0 Å². The van der Waals surface area contributed by atoms with Crippen LogP contribution >= 0.6 is 11.8 Å². The number of hydrogen-bond donors (Lipinski definition) is 2. The fourth-order valence-corrected chi connectivity index (χ4v) is 4.62. The van der Waals surface area contributed by atoms with Gasteiger partial charge in [-0.05, 0) is 12.5 Å². The van der Waals surface area contributed by atoms with Gasteiger partial charge in [-0.3, -0.25) is 9.59 Å². The number of carbonyl (C=O) groups is 3. The third-order valence-corrected chi connectivity index (χ3v) is 6.03. The van der Waals surface area contributed by atoms with Crippen molar-refractivity contribution < 1.29 is 24.2 Å². The van der Waals surface area contributed by atoms with Gasteiger partial charge in [-0.25, -0.2) is 4.79 Å². The lowest BCUT2D eigenvalue weighted by Crippen LogP contribution is -2.79. The summed E-state index contributed by atoms with van der Waals surface area (Å²) in [7, 11) is 1.22. The first-order chi connectivity index (χ1) is 11.8. The van der Waals surface area contributed by atoms with E-state index in [2.05, 4.69) is 5.32 Å². The molecule has 7 nitrogen and oxygen atoms in total. The molecule has 2 N–H and O–H groups in total. The van der Waals surface area contributed by atoms with Gasteiger partial charge in [-0.2, -0.15) is 0 Å². The number of hydrogen-bond acceptors (Lipinski definition) is 6. The number of carbonyl (C=O) groups excluding carboxylic acids is 3. The smallest absolute Gasteiger partial charge is 0.331 e. The zero-order chi connectivity index (χ0) is 18.2. The van der Waals surface area contributed by atoms with Crippen molar-refractivity contribution in [3.8, 4) is 0 Å². The van der Waals surface area contributed by atoms with Crippen LogP contribution in [-0.4, -0.2) is 63.7 Å². The molecule has 4 atom stereocenters. The second-order valence-corrected chi connectivity index (χ2v) is 7.54. The van der Waals surface area contributed by atoms with Crippen LogP contribution in [0.15, 0.2) is 30.3 Å². The number of nitrogens with one attached hydrogen (secondary N) is 1. The van der Waals surface area contributed by atoms with Crippen LogP contribution in [-0.2, 0) is 25.5 Å². The number of nitrogens with zero attached hydrogens (tertiary/aromatic N) is 1. The molecule has 0 aromatic heterocycles. The normalized spacial score (nSPS) is 30.9. The molecule has 3 rings (SSSR count). The first kappa shape index (κ1) is 17.8. The Bertz CT molecular complexity index is 694. The molecular weight excluding hydrogens is 344 g/mol. The molecule has 2 aliphatic rings. The lowest BCUT2D eigenvalue weighted by atomic mass is 9.91. The van der Waals surface area contributed by atoms with E-state index in [-0.39, 0.29) is 29.4 Å². The summed E-state index contributed by atoms with van der Waals surface area (Å²) in [5, 5.41) is 12.8. The number of β-lactam (4-membered cyclic amide) rings is 1. The number of amides is 2. The van der Waals surface area contributed by atoms with E-state index in [0.717, 1.165) is 5.56 Å². The van der Waals surface area contributed by atoms with Crippen LogP contribution in [0.4, 0.5) is 0 Å². The van der Waals surface area contributed by atoms with E-state index in [1.165, 1.54) is 30.7 Å².